The molecule has 1 saturated heterocycles. The second kappa shape index (κ2) is 17.1. The Morgan fingerprint density at radius 1 is 0.778 bits per heavy atom. The van der Waals surface area contributed by atoms with Gasteiger partial charge in [0.2, 0.25) is 40.9 Å². The first-order chi connectivity index (χ1) is 21.4. The van der Waals surface area contributed by atoms with Gasteiger partial charge in [-0.1, -0.05) is 42.1 Å². The molecule has 0 aliphatic carbocycles. The predicted molar refractivity (Wildman–Crippen MR) is 158 cm³/mol. The third-order valence-corrected chi connectivity index (χ3v) is 6.92. The molecular formula is C28H33N5O11S. The van der Waals surface area contributed by atoms with E-state index in [0.29, 0.717) is 11.3 Å². The van der Waals surface area contributed by atoms with Crippen LogP contribution in [-0.2, 0) is 28.7 Å². The summed E-state index contributed by atoms with van der Waals surface area (Å²) in [6.45, 7) is -0.0721. The Hall–Kier alpha value is -4.55. The standard InChI is InChI=1S/C28H33N5O11S/c1-15(34)32-23-24(39)25(40)26(41)44-28(23)43-18-9-7-17(8-10-18)33-21(37)13-30-19(35)11-29-20(36)12-31-22(38)14-45-27(42)16-5-3-2-4-6-16/h2-10,23-26,28,39-41H,11-14H2,1H3,(H,29,36)(H,30,35)(H,31,38)(H,32,34)(H,33,37). The minimum atomic E-state index is -1.76. The summed E-state index contributed by atoms with van der Waals surface area (Å²) in [6, 6.07) is 13.0. The summed E-state index contributed by atoms with van der Waals surface area (Å²) in [4.78, 5) is 71.6. The lowest BCUT2D eigenvalue weighted by molar-refractivity contribution is -0.296. The normalized spacial score (nSPS) is 20.7. The van der Waals surface area contributed by atoms with Crippen LogP contribution in [0.15, 0.2) is 54.6 Å². The molecule has 1 heterocycles. The molecule has 1 fully saturated rings. The van der Waals surface area contributed by atoms with Crippen molar-refractivity contribution in [3.05, 3.63) is 60.2 Å². The molecule has 0 radical (unpaired) electrons. The molecule has 8 N–H and O–H groups in total. The van der Waals surface area contributed by atoms with Crippen molar-refractivity contribution in [2.45, 2.75) is 37.8 Å². The van der Waals surface area contributed by atoms with Crippen LogP contribution in [0.1, 0.15) is 17.3 Å². The Morgan fingerprint density at radius 2 is 1.36 bits per heavy atom. The Balaban J connectivity index is 1.33. The Morgan fingerprint density at radius 3 is 1.96 bits per heavy atom. The lowest BCUT2D eigenvalue weighted by atomic mass is 10.0. The minimum absolute atomic E-state index is 0.181. The maximum atomic E-state index is 12.2. The molecule has 16 nitrogen and oxygen atoms in total. The van der Waals surface area contributed by atoms with Gasteiger partial charge in [-0.2, -0.15) is 0 Å². The van der Waals surface area contributed by atoms with E-state index in [1.807, 2.05) is 0 Å². The van der Waals surface area contributed by atoms with Gasteiger partial charge >= 0.3 is 0 Å². The average molecular weight is 648 g/mol. The summed E-state index contributed by atoms with van der Waals surface area (Å²) >= 11 is 0.794. The SMILES string of the molecule is CC(=O)NC1C(Oc2ccc(NC(=O)CNC(=O)CNC(=O)CNC(=O)CSC(=O)c3ccccc3)cc2)OC(O)C(O)C1O. The number of rotatable bonds is 13. The molecule has 17 heteroatoms. The number of benzene rings is 2. The van der Waals surface area contributed by atoms with Crippen LogP contribution in [-0.4, -0.2) is 106 Å². The topological polar surface area (TPSA) is 242 Å². The highest BCUT2D eigenvalue weighted by Gasteiger charge is 2.45. The highest BCUT2D eigenvalue weighted by molar-refractivity contribution is 8.14. The number of carbonyl (C=O) groups excluding carboxylic acids is 6. The number of thioether (sulfide) groups is 1. The second-order valence-corrected chi connectivity index (χ2v) is 10.5. The second-order valence-electron chi connectivity index (χ2n) is 9.57. The highest BCUT2D eigenvalue weighted by Crippen LogP contribution is 2.24. The first-order valence-electron chi connectivity index (χ1n) is 13.5. The van der Waals surface area contributed by atoms with Gasteiger partial charge in [0.15, 0.2) is 6.29 Å². The first kappa shape index (κ1) is 34.9. The van der Waals surface area contributed by atoms with Crippen molar-refractivity contribution in [1.82, 2.24) is 21.3 Å². The summed E-state index contributed by atoms with van der Waals surface area (Å²) in [6.07, 6.45) is -6.34. The van der Waals surface area contributed by atoms with E-state index in [0.717, 1.165) is 11.8 Å². The number of anilines is 1. The molecule has 5 amide bonds. The fourth-order valence-corrected chi connectivity index (χ4v) is 4.46. The van der Waals surface area contributed by atoms with Crippen molar-refractivity contribution in [3.63, 3.8) is 0 Å². The molecule has 242 valence electrons. The van der Waals surface area contributed by atoms with E-state index in [9.17, 15) is 44.1 Å². The van der Waals surface area contributed by atoms with Crippen LogP contribution < -0.4 is 31.3 Å². The lowest BCUT2D eigenvalue weighted by Gasteiger charge is -2.40. The van der Waals surface area contributed by atoms with Crippen LogP contribution >= 0.6 is 11.8 Å². The molecule has 1 aliphatic heterocycles. The van der Waals surface area contributed by atoms with Crippen LogP contribution in [0, 0.1) is 0 Å². The number of aliphatic hydroxyl groups is 3. The third kappa shape index (κ3) is 11.5. The van der Waals surface area contributed by atoms with Crippen molar-refractivity contribution >= 4 is 52.1 Å². The summed E-state index contributed by atoms with van der Waals surface area (Å²) in [5, 5.41) is 41.5. The van der Waals surface area contributed by atoms with Gasteiger partial charge in [0.05, 0.1) is 25.4 Å². The number of ether oxygens (including phenoxy) is 2. The Bertz CT molecular complexity index is 1360. The third-order valence-electron chi connectivity index (χ3n) is 6.02. The highest BCUT2D eigenvalue weighted by atomic mass is 32.2. The number of hydrogen-bond acceptors (Lipinski definition) is 12. The average Bonchev–Trinajstić information content (AvgIpc) is 3.02. The van der Waals surface area contributed by atoms with Crippen molar-refractivity contribution in [3.8, 4) is 5.75 Å². The van der Waals surface area contributed by atoms with E-state index in [1.54, 1.807) is 30.3 Å². The summed E-state index contributed by atoms with van der Waals surface area (Å²) < 4.78 is 10.8. The number of hydrogen-bond donors (Lipinski definition) is 8. The maximum Gasteiger partial charge on any atom is 0.243 e. The number of nitrogens with one attached hydrogen (secondary N) is 5. The summed E-state index contributed by atoms with van der Waals surface area (Å²) in [5.74, 6) is -2.95. The molecule has 0 aromatic heterocycles. The quantitative estimate of drug-likeness (QED) is 0.116. The van der Waals surface area contributed by atoms with Crippen LogP contribution in [0.25, 0.3) is 0 Å². The molecule has 3 rings (SSSR count). The fourth-order valence-electron chi connectivity index (χ4n) is 3.79. The number of aliphatic hydroxyl groups excluding tert-OH is 3. The van der Waals surface area contributed by atoms with Gasteiger partial charge in [0, 0.05) is 18.2 Å². The molecule has 2 aromatic rings. The van der Waals surface area contributed by atoms with Crippen molar-refractivity contribution < 1.29 is 53.6 Å². The first-order valence-corrected chi connectivity index (χ1v) is 14.5. The van der Waals surface area contributed by atoms with Gasteiger partial charge in [-0.3, -0.25) is 28.8 Å². The van der Waals surface area contributed by atoms with E-state index in [4.69, 9.17) is 9.47 Å². The molecule has 5 unspecified atom stereocenters. The lowest BCUT2D eigenvalue weighted by Crippen LogP contribution is -2.64. The molecule has 2 aromatic carbocycles. The van der Waals surface area contributed by atoms with E-state index in [2.05, 4.69) is 26.6 Å². The summed E-state index contributed by atoms with van der Waals surface area (Å²) in [7, 11) is 0. The molecule has 0 spiro atoms. The van der Waals surface area contributed by atoms with Gasteiger partial charge in [0.1, 0.15) is 24.0 Å². The maximum absolute atomic E-state index is 12.2. The van der Waals surface area contributed by atoms with Gasteiger partial charge < -0.3 is 51.4 Å². The predicted octanol–water partition coefficient (Wildman–Crippen LogP) is -2.17. The molecular weight excluding hydrogens is 614 g/mol. The van der Waals surface area contributed by atoms with Crippen molar-refractivity contribution in [2.75, 3.05) is 30.7 Å². The molecule has 45 heavy (non-hydrogen) atoms. The van der Waals surface area contributed by atoms with Crippen LogP contribution in [0.4, 0.5) is 5.69 Å². The zero-order chi connectivity index (χ0) is 32.9. The van der Waals surface area contributed by atoms with Crippen LogP contribution in [0.2, 0.25) is 0 Å². The molecule has 0 bridgehead atoms. The molecule has 5 atom stereocenters. The Kier molecular flexibility index (Phi) is 13.3. The Labute approximate surface area is 261 Å². The van der Waals surface area contributed by atoms with E-state index in [-0.39, 0.29) is 16.6 Å². The molecule has 1 aliphatic rings. The van der Waals surface area contributed by atoms with E-state index < -0.39 is 80.0 Å². The monoisotopic (exact) mass is 647 g/mol. The van der Waals surface area contributed by atoms with Crippen molar-refractivity contribution in [2.24, 2.45) is 0 Å². The minimum Gasteiger partial charge on any atom is -0.462 e. The van der Waals surface area contributed by atoms with Crippen molar-refractivity contribution in [1.29, 1.82) is 0 Å². The number of amides is 5. The van der Waals surface area contributed by atoms with Gasteiger partial charge in [-0.25, -0.2) is 0 Å². The van der Waals surface area contributed by atoms with Crippen LogP contribution in [0.3, 0.4) is 0 Å². The van der Waals surface area contributed by atoms with Crippen LogP contribution in [0.5, 0.6) is 5.75 Å². The zero-order valence-electron chi connectivity index (χ0n) is 23.9. The van der Waals surface area contributed by atoms with Gasteiger partial charge in [0.25, 0.3) is 0 Å². The van der Waals surface area contributed by atoms with E-state index in [1.165, 1.54) is 31.2 Å². The zero-order valence-corrected chi connectivity index (χ0v) is 24.7. The molecule has 0 saturated carbocycles. The fraction of sp³-hybridized carbons (Fsp3) is 0.357. The summed E-state index contributed by atoms with van der Waals surface area (Å²) in [5.41, 5.74) is 0.777. The van der Waals surface area contributed by atoms with Gasteiger partial charge in [-0.05, 0) is 24.3 Å². The largest absolute Gasteiger partial charge is 0.462 e. The van der Waals surface area contributed by atoms with Gasteiger partial charge in [-0.15, -0.1) is 0 Å². The smallest absolute Gasteiger partial charge is 0.243 e. The number of carbonyl (C=O) groups is 6. The van der Waals surface area contributed by atoms with E-state index >= 15 is 0 Å².